The van der Waals surface area contributed by atoms with Crippen LogP contribution in [0.1, 0.15) is 38.8 Å². The Balaban J connectivity index is 2.30. The van der Waals surface area contributed by atoms with Crippen LogP contribution in [0, 0.1) is 17.8 Å². The van der Waals surface area contributed by atoms with Gasteiger partial charge in [0.2, 0.25) is 10.0 Å². The first-order valence-corrected chi connectivity index (χ1v) is 8.73. The molecule has 4 nitrogen and oxygen atoms in total. The molecule has 0 heterocycles. The second-order valence-corrected chi connectivity index (χ2v) is 8.99. The van der Waals surface area contributed by atoms with Crippen molar-refractivity contribution in [1.82, 2.24) is 4.72 Å². The lowest BCUT2D eigenvalue weighted by atomic mass is 10.0. The predicted octanol–water partition coefficient (Wildman–Crippen LogP) is 2.34. The minimum Gasteiger partial charge on any atom is -0.389 e. The van der Waals surface area contributed by atoms with Crippen LogP contribution < -0.4 is 10.5 Å². The molecule has 0 amide bonds. The van der Waals surface area contributed by atoms with Crippen molar-refractivity contribution in [3.05, 3.63) is 29.3 Å². The highest BCUT2D eigenvalue weighted by Crippen LogP contribution is 2.62. The van der Waals surface area contributed by atoms with E-state index in [9.17, 15) is 8.42 Å². The van der Waals surface area contributed by atoms with E-state index in [1.165, 1.54) is 0 Å². The Morgan fingerprint density at radius 3 is 2.14 bits per heavy atom. The van der Waals surface area contributed by atoms with Gasteiger partial charge in [0, 0.05) is 11.6 Å². The molecule has 0 aliphatic heterocycles. The molecule has 6 heteroatoms. The number of nitrogens with one attached hydrogen (secondary N) is 1. The highest BCUT2D eigenvalue weighted by atomic mass is 32.2. The van der Waals surface area contributed by atoms with E-state index >= 15 is 0 Å². The zero-order valence-electron chi connectivity index (χ0n) is 13.0. The summed E-state index contributed by atoms with van der Waals surface area (Å²) in [6.07, 6.45) is 0. The van der Waals surface area contributed by atoms with Gasteiger partial charge in [-0.2, -0.15) is 0 Å². The number of hydrogen-bond donors (Lipinski definition) is 2. The molecule has 116 valence electrons. The number of nitrogens with two attached hydrogens (primary N) is 1. The molecule has 0 saturated heterocycles. The van der Waals surface area contributed by atoms with Gasteiger partial charge in [0.05, 0.1) is 4.90 Å². The first-order valence-electron chi connectivity index (χ1n) is 6.84. The monoisotopic (exact) mass is 326 g/mol. The van der Waals surface area contributed by atoms with Crippen molar-refractivity contribution in [1.29, 1.82) is 0 Å². The van der Waals surface area contributed by atoms with Gasteiger partial charge in [-0.25, -0.2) is 13.1 Å². The Hall–Kier alpha value is -0.980. The van der Waals surface area contributed by atoms with Crippen molar-refractivity contribution >= 4 is 27.2 Å². The highest BCUT2D eigenvalue weighted by Gasteiger charge is 2.66. The maximum Gasteiger partial charge on any atom is 0.240 e. The van der Waals surface area contributed by atoms with E-state index in [0.29, 0.717) is 5.56 Å². The maximum absolute atomic E-state index is 12.5. The van der Waals surface area contributed by atoms with E-state index in [2.05, 4.69) is 32.4 Å². The van der Waals surface area contributed by atoms with Crippen LogP contribution in [0.5, 0.6) is 0 Å². The summed E-state index contributed by atoms with van der Waals surface area (Å²) < 4.78 is 27.8. The summed E-state index contributed by atoms with van der Waals surface area (Å²) in [5, 5.41) is 0. The summed E-state index contributed by atoms with van der Waals surface area (Å²) in [4.78, 5) is 0.521. The molecule has 0 radical (unpaired) electrons. The molecule has 1 aromatic rings. The minimum atomic E-state index is -3.54. The van der Waals surface area contributed by atoms with Gasteiger partial charge in [-0.1, -0.05) is 46.0 Å². The van der Waals surface area contributed by atoms with E-state index in [4.69, 9.17) is 18.0 Å². The van der Waals surface area contributed by atoms with E-state index in [1.807, 2.05) is 0 Å². The average molecular weight is 326 g/mol. The number of rotatable bonds is 4. The fourth-order valence-electron chi connectivity index (χ4n) is 2.79. The van der Waals surface area contributed by atoms with Crippen molar-refractivity contribution in [2.24, 2.45) is 16.6 Å². The SMILES string of the molecule is Cc1cc(S(=O)(=O)NC2C(C)(C)C2(C)C)ccc1C(N)=S. The molecule has 1 aliphatic carbocycles. The molecule has 1 saturated carbocycles. The van der Waals surface area contributed by atoms with Crippen molar-refractivity contribution in [3.63, 3.8) is 0 Å². The largest absolute Gasteiger partial charge is 0.389 e. The molecule has 0 atom stereocenters. The molecule has 1 aromatic carbocycles. The van der Waals surface area contributed by atoms with Gasteiger partial charge in [0.15, 0.2) is 0 Å². The van der Waals surface area contributed by atoms with E-state index in [1.54, 1.807) is 25.1 Å². The van der Waals surface area contributed by atoms with Crippen LogP contribution in [-0.2, 0) is 10.0 Å². The Kier molecular flexibility index (Phi) is 3.72. The van der Waals surface area contributed by atoms with Gasteiger partial charge in [-0.3, -0.25) is 0 Å². The number of thiocarbonyl (C=S) groups is 1. The van der Waals surface area contributed by atoms with E-state index < -0.39 is 10.0 Å². The zero-order valence-corrected chi connectivity index (χ0v) is 14.7. The van der Waals surface area contributed by atoms with E-state index in [0.717, 1.165) is 5.56 Å². The van der Waals surface area contributed by atoms with Crippen molar-refractivity contribution in [3.8, 4) is 0 Å². The second-order valence-electron chi connectivity index (χ2n) is 6.84. The smallest absolute Gasteiger partial charge is 0.240 e. The number of hydrogen-bond acceptors (Lipinski definition) is 3. The number of sulfonamides is 1. The minimum absolute atomic E-state index is 0.0477. The molecule has 0 bridgehead atoms. The highest BCUT2D eigenvalue weighted by molar-refractivity contribution is 7.89. The van der Waals surface area contributed by atoms with Gasteiger partial charge in [-0.05, 0) is 35.4 Å². The summed E-state index contributed by atoms with van der Waals surface area (Å²) in [5.41, 5.74) is 6.97. The van der Waals surface area contributed by atoms with Crippen LogP contribution in [-0.4, -0.2) is 19.4 Å². The fourth-order valence-corrected chi connectivity index (χ4v) is 4.64. The Morgan fingerprint density at radius 2 is 1.76 bits per heavy atom. The third-order valence-electron chi connectivity index (χ3n) is 5.07. The summed E-state index contributed by atoms with van der Waals surface area (Å²) in [7, 11) is -3.54. The third kappa shape index (κ3) is 2.60. The summed E-state index contributed by atoms with van der Waals surface area (Å²) in [6.45, 7) is 10.1. The van der Waals surface area contributed by atoms with Gasteiger partial charge >= 0.3 is 0 Å². The number of aryl methyl sites for hydroxylation is 1. The lowest BCUT2D eigenvalue weighted by molar-refractivity contribution is 0.457. The molecule has 1 aliphatic rings. The summed E-state index contributed by atoms with van der Waals surface area (Å²) in [5.74, 6) is 0. The quantitative estimate of drug-likeness (QED) is 0.833. The first kappa shape index (κ1) is 16.4. The lowest BCUT2D eigenvalue weighted by Crippen LogP contribution is -2.30. The van der Waals surface area contributed by atoms with Gasteiger partial charge < -0.3 is 5.73 Å². The van der Waals surface area contributed by atoms with Crippen LogP contribution in [0.25, 0.3) is 0 Å². The van der Waals surface area contributed by atoms with Crippen LogP contribution in [0.2, 0.25) is 0 Å². The first-order chi connectivity index (χ1) is 9.41. The van der Waals surface area contributed by atoms with E-state index in [-0.39, 0.29) is 26.8 Å². The molecule has 0 spiro atoms. The predicted molar refractivity (Wildman–Crippen MR) is 88.7 cm³/mol. The summed E-state index contributed by atoms with van der Waals surface area (Å²) in [6, 6.07) is 4.76. The molecule has 1 fully saturated rings. The Bertz CT molecular complexity index is 692. The van der Waals surface area contributed by atoms with Crippen LogP contribution in [0.3, 0.4) is 0 Å². The van der Waals surface area contributed by atoms with Crippen molar-refractivity contribution in [2.75, 3.05) is 0 Å². The van der Waals surface area contributed by atoms with Crippen molar-refractivity contribution in [2.45, 2.75) is 45.6 Å². The normalized spacial score (nSPS) is 20.2. The summed E-state index contributed by atoms with van der Waals surface area (Å²) >= 11 is 4.94. The third-order valence-corrected chi connectivity index (χ3v) is 6.71. The molecule has 2 rings (SSSR count). The molecule has 0 unspecified atom stereocenters. The van der Waals surface area contributed by atoms with Crippen LogP contribution in [0.4, 0.5) is 0 Å². The maximum atomic E-state index is 12.5. The van der Waals surface area contributed by atoms with Gasteiger partial charge in [-0.15, -0.1) is 0 Å². The zero-order chi connectivity index (χ0) is 16.2. The van der Waals surface area contributed by atoms with Gasteiger partial charge in [0.25, 0.3) is 0 Å². The average Bonchev–Trinajstić information content (AvgIpc) is 2.70. The molecule has 3 N–H and O–H groups in total. The van der Waals surface area contributed by atoms with Crippen LogP contribution >= 0.6 is 12.2 Å². The van der Waals surface area contributed by atoms with Gasteiger partial charge in [0.1, 0.15) is 4.99 Å². The molecule has 21 heavy (non-hydrogen) atoms. The van der Waals surface area contributed by atoms with Crippen LogP contribution in [0.15, 0.2) is 23.1 Å². The Morgan fingerprint density at radius 1 is 1.24 bits per heavy atom. The van der Waals surface area contributed by atoms with Crippen molar-refractivity contribution < 1.29 is 8.42 Å². The standard InChI is InChI=1S/C15H22N2O2S2/c1-9-8-10(6-7-11(9)12(16)20)21(18,19)17-13-14(2,3)15(13,4)5/h6-8,13,17H,1-5H3,(H2,16,20). The fraction of sp³-hybridized carbons (Fsp3) is 0.533. The number of benzene rings is 1. The molecular formula is C15H22N2O2S2. The lowest BCUT2D eigenvalue weighted by Gasteiger charge is -2.11. The molecular weight excluding hydrogens is 304 g/mol. The topological polar surface area (TPSA) is 72.2 Å². The Labute approximate surface area is 132 Å². The molecule has 0 aromatic heterocycles. The second kappa shape index (κ2) is 4.76.